The molecule has 0 aromatic heterocycles. The second-order valence-corrected chi connectivity index (χ2v) is 5.64. The van der Waals surface area contributed by atoms with Crippen molar-refractivity contribution >= 4 is 23.0 Å². The van der Waals surface area contributed by atoms with Crippen LogP contribution in [0.4, 0.5) is 17.1 Å². The zero-order valence-electron chi connectivity index (χ0n) is 14.3. The number of hydrogen-bond donors (Lipinski definition) is 1. The fourth-order valence-corrected chi connectivity index (χ4v) is 2.35. The lowest BCUT2D eigenvalue weighted by Crippen LogP contribution is -2.11. The lowest BCUT2D eigenvalue weighted by atomic mass is 10.2. The Morgan fingerprint density at radius 3 is 1.93 bits per heavy atom. The Balaban J connectivity index is 1.69. The minimum absolute atomic E-state index is 0.0449. The van der Waals surface area contributed by atoms with E-state index >= 15 is 0 Å². The summed E-state index contributed by atoms with van der Waals surface area (Å²) in [5.41, 5.74) is 0.585. The largest absolute Gasteiger partial charge is 0.457 e. The molecule has 0 unspecified atom stereocenters. The molecule has 0 saturated heterocycles. The zero-order valence-corrected chi connectivity index (χ0v) is 14.3. The monoisotopic (exact) mass is 379 g/mol. The molecule has 0 aliphatic heterocycles. The summed E-state index contributed by atoms with van der Waals surface area (Å²) in [7, 11) is 0. The highest BCUT2D eigenvalue weighted by Gasteiger charge is 2.10. The van der Waals surface area contributed by atoms with Crippen molar-refractivity contribution in [2.24, 2.45) is 0 Å². The molecule has 3 aromatic carbocycles. The molecule has 140 valence electrons. The third-order valence-electron chi connectivity index (χ3n) is 3.72. The number of nitrogens with one attached hydrogen (secondary N) is 1. The molecule has 3 aromatic rings. The molecule has 0 heterocycles. The second kappa shape index (κ2) is 7.96. The van der Waals surface area contributed by atoms with Crippen LogP contribution in [0.3, 0.4) is 0 Å². The van der Waals surface area contributed by atoms with Gasteiger partial charge >= 0.3 is 0 Å². The molecule has 1 amide bonds. The summed E-state index contributed by atoms with van der Waals surface area (Å²) in [6.45, 7) is 0. The molecule has 0 atom stereocenters. The maximum atomic E-state index is 12.3. The smallest absolute Gasteiger partial charge is 0.269 e. The fraction of sp³-hybridized carbons (Fsp3) is 0. The Bertz CT molecular complexity index is 1030. The lowest BCUT2D eigenvalue weighted by molar-refractivity contribution is -0.385. The average Bonchev–Trinajstić information content (AvgIpc) is 2.68. The first kappa shape index (κ1) is 18.5. The van der Waals surface area contributed by atoms with Gasteiger partial charge in [0, 0.05) is 41.6 Å². The van der Waals surface area contributed by atoms with E-state index in [-0.39, 0.29) is 16.9 Å². The molecule has 0 spiro atoms. The van der Waals surface area contributed by atoms with Crippen molar-refractivity contribution < 1.29 is 19.4 Å². The van der Waals surface area contributed by atoms with Gasteiger partial charge in [-0.1, -0.05) is 6.07 Å². The van der Waals surface area contributed by atoms with Gasteiger partial charge in [-0.05, 0) is 36.4 Å². The van der Waals surface area contributed by atoms with Crippen molar-refractivity contribution in [3.8, 4) is 11.5 Å². The maximum absolute atomic E-state index is 12.3. The summed E-state index contributed by atoms with van der Waals surface area (Å²) in [4.78, 5) is 32.6. The first-order valence-electron chi connectivity index (χ1n) is 8.00. The van der Waals surface area contributed by atoms with Crippen LogP contribution in [0, 0.1) is 20.2 Å². The van der Waals surface area contributed by atoms with Crippen molar-refractivity contribution in [1.29, 1.82) is 0 Å². The van der Waals surface area contributed by atoms with Crippen LogP contribution >= 0.6 is 0 Å². The van der Waals surface area contributed by atoms with Gasteiger partial charge in [0.05, 0.1) is 9.85 Å². The lowest BCUT2D eigenvalue weighted by Gasteiger charge is -2.09. The van der Waals surface area contributed by atoms with Crippen molar-refractivity contribution in [3.63, 3.8) is 0 Å². The van der Waals surface area contributed by atoms with Gasteiger partial charge in [0.2, 0.25) is 0 Å². The number of carbonyl (C=O) groups is 1. The summed E-state index contributed by atoms with van der Waals surface area (Å²) in [5, 5.41) is 24.0. The average molecular weight is 379 g/mol. The zero-order chi connectivity index (χ0) is 20.1. The second-order valence-electron chi connectivity index (χ2n) is 5.64. The van der Waals surface area contributed by atoms with Crippen molar-refractivity contribution in [3.05, 3.63) is 98.6 Å². The number of nitrogens with zero attached hydrogens (tertiary/aromatic N) is 2. The number of nitro benzene ring substituents is 2. The first-order valence-corrected chi connectivity index (χ1v) is 8.00. The molecule has 1 N–H and O–H groups in total. The van der Waals surface area contributed by atoms with Gasteiger partial charge in [0.25, 0.3) is 17.3 Å². The van der Waals surface area contributed by atoms with Gasteiger partial charge in [-0.2, -0.15) is 0 Å². The van der Waals surface area contributed by atoms with E-state index in [1.807, 2.05) is 0 Å². The Kier molecular flexibility index (Phi) is 5.26. The molecule has 0 aliphatic rings. The predicted molar refractivity (Wildman–Crippen MR) is 101 cm³/mol. The van der Waals surface area contributed by atoms with E-state index in [1.54, 1.807) is 24.3 Å². The number of non-ortho nitro benzene ring substituents is 2. The summed E-state index contributed by atoms with van der Waals surface area (Å²) in [6.07, 6.45) is 0. The SMILES string of the molecule is O=C(Nc1cccc(Oc2ccc([N+](=O)[O-])cc2)c1)c1ccc([N+](=O)[O-])cc1. The number of benzene rings is 3. The van der Waals surface area contributed by atoms with Gasteiger partial charge in [-0.15, -0.1) is 0 Å². The van der Waals surface area contributed by atoms with E-state index in [0.717, 1.165) is 0 Å². The Morgan fingerprint density at radius 2 is 1.36 bits per heavy atom. The number of ether oxygens (including phenoxy) is 1. The Labute approximate surface area is 158 Å². The van der Waals surface area contributed by atoms with Gasteiger partial charge in [-0.3, -0.25) is 25.0 Å². The molecule has 0 aliphatic carbocycles. The van der Waals surface area contributed by atoms with Gasteiger partial charge in [0.1, 0.15) is 11.5 Å². The van der Waals surface area contributed by atoms with Crippen LogP contribution in [0.5, 0.6) is 11.5 Å². The minimum Gasteiger partial charge on any atom is -0.457 e. The number of anilines is 1. The topological polar surface area (TPSA) is 125 Å². The highest BCUT2D eigenvalue weighted by Crippen LogP contribution is 2.26. The molecule has 9 heteroatoms. The van der Waals surface area contributed by atoms with E-state index in [2.05, 4.69) is 5.32 Å². The minimum atomic E-state index is -0.541. The summed E-state index contributed by atoms with van der Waals surface area (Å²) in [6, 6.07) is 17.4. The normalized spacial score (nSPS) is 10.1. The van der Waals surface area contributed by atoms with E-state index in [9.17, 15) is 25.0 Å². The van der Waals surface area contributed by atoms with Crippen LogP contribution in [0.15, 0.2) is 72.8 Å². The van der Waals surface area contributed by atoms with Crippen LogP contribution < -0.4 is 10.1 Å². The van der Waals surface area contributed by atoms with E-state index in [4.69, 9.17) is 4.74 Å². The standard InChI is InChI=1S/C19H13N3O6/c23-19(13-4-6-15(7-5-13)21(24)25)20-14-2-1-3-18(12-14)28-17-10-8-16(9-11-17)22(26)27/h1-12H,(H,20,23). The highest BCUT2D eigenvalue weighted by atomic mass is 16.6. The number of amides is 1. The molecular formula is C19H13N3O6. The van der Waals surface area contributed by atoms with Gasteiger partial charge < -0.3 is 10.1 Å². The summed E-state index contributed by atoms with van der Waals surface area (Å²) >= 11 is 0. The molecule has 28 heavy (non-hydrogen) atoms. The van der Waals surface area contributed by atoms with Crippen LogP contribution in [0.25, 0.3) is 0 Å². The predicted octanol–water partition coefficient (Wildman–Crippen LogP) is 4.55. The first-order chi connectivity index (χ1) is 13.4. The van der Waals surface area contributed by atoms with Crippen molar-refractivity contribution in [2.45, 2.75) is 0 Å². The molecule has 9 nitrogen and oxygen atoms in total. The number of hydrogen-bond acceptors (Lipinski definition) is 6. The molecule has 0 saturated carbocycles. The van der Waals surface area contributed by atoms with Crippen LogP contribution in [0.1, 0.15) is 10.4 Å². The quantitative estimate of drug-likeness (QED) is 0.495. The van der Waals surface area contributed by atoms with Gasteiger partial charge in [0.15, 0.2) is 0 Å². The highest BCUT2D eigenvalue weighted by molar-refractivity contribution is 6.04. The molecule has 0 fully saturated rings. The molecule has 3 rings (SSSR count). The summed E-state index contributed by atoms with van der Waals surface area (Å²) < 4.78 is 5.63. The molecular weight excluding hydrogens is 366 g/mol. The fourth-order valence-electron chi connectivity index (χ4n) is 2.35. The number of carbonyl (C=O) groups excluding carboxylic acids is 1. The van der Waals surface area contributed by atoms with E-state index < -0.39 is 15.8 Å². The van der Waals surface area contributed by atoms with Crippen molar-refractivity contribution in [1.82, 2.24) is 0 Å². The third kappa shape index (κ3) is 4.47. The van der Waals surface area contributed by atoms with E-state index in [1.165, 1.54) is 48.5 Å². The van der Waals surface area contributed by atoms with Crippen LogP contribution in [-0.2, 0) is 0 Å². The van der Waals surface area contributed by atoms with E-state index in [0.29, 0.717) is 17.2 Å². The van der Waals surface area contributed by atoms with Gasteiger partial charge in [-0.25, -0.2) is 0 Å². The Morgan fingerprint density at radius 1 is 0.786 bits per heavy atom. The number of rotatable bonds is 6. The maximum Gasteiger partial charge on any atom is 0.269 e. The summed E-state index contributed by atoms with van der Waals surface area (Å²) in [5.74, 6) is 0.405. The third-order valence-corrected chi connectivity index (χ3v) is 3.72. The van der Waals surface area contributed by atoms with Crippen LogP contribution in [-0.4, -0.2) is 15.8 Å². The number of nitro groups is 2. The van der Waals surface area contributed by atoms with Crippen LogP contribution in [0.2, 0.25) is 0 Å². The Hall–Kier alpha value is -4.27. The molecule has 0 bridgehead atoms. The molecule has 0 radical (unpaired) electrons. The van der Waals surface area contributed by atoms with Crippen molar-refractivity contribution in [2.75, 3.05) is 5.32 Å².